The Kier molecular flexibility index (Phi) is 3.21. The van der Waals surface area contributed by atoms with Crippen LogP contribution in [0.2, 0.25) is 0 Å². The zero-order valence-electron chi connectivity index (χ0n) is 17.7. The van der Waals surface area contributed by atoms with Crippen LogP contribution in [-0.4, -0.2) is 48.4 Å². The van der Waals surface area contributed by atoms with Crippen LogP contribution in [-0.2, 0) is 33.3 Å². The molecule has 162 valence electrons. The maximum absolute atomic E-state index is 13.4. The summed E-state index contributed by atoms with van der Waals surface area (Å²) in [6.07, 6.45) is 4.00. The number of hydrogen-bond donors (Lipinski definition) is 0. The average Bonchev–Trinajstić information content (AvgIpc) is 3.34. The van der Waals surface area contributed by atoms with Gasteiger partial charge in [0.15, 0.2) is 0 Å². The summed E-state index contributed by atoms with van der Waals surface area (Å²) in [5.74, 6) is -1.69. The number of hydrogen-bond acceptors (Lipinski definition) is 7. The second kappa shape index (κ2) is 5.12. The SMILES string of the molecule is C=C1CC[C@]23OC(=O)[C@]1(C)C2C(C(=O)OC)[C@]12C[C@]4(CO4)[C@](OC(C)=O)(CCC13)C2. The van der Waals surface area contributed by atoms with Gasteiger partial charge in [-0.25, -0.2) is 0 Å². The molecule has 7 heteroatoms. The molecule has 0 amide bonds. The molecule has 3 unspecified atom stereocenters. The van der Waals surface area contributed by atoms with Crippen LogP contribution in [0.5, 0.6) is 0 Å². The quantitative estimate of drug-likeness (QED) is 0.295. The van der Waals surface area contributed by atoms with Crippen molar-refractivity contribution in [2.24, 2.45) is 28.6 Å². The Labute approximate surface area is 175 Å². The molecule has 0 aromatic carbocycles. The number of rotatable bonds is 2. The minimum Gasteiger partial charge on any atom is -0.469 e. The number of carbonyl (C=O) groups excluding carboxylic acids is 3. The fraction of sp³-hybridized carbons (Fsp3) is 0.783. The number of methoxy groups -OCH3 is 1. The molecule has 7 nitrogen and oxygen atoms in total. The van der Waals surface area contributed by atoms with E-state index in [2.05, 4.69) is 6.58 Å². The van der Waals surface area contributed by atoms with Crippen LogP contribution in [0.4, 0.5) is 0 Å². The van der Waals surface area contributed by atoms with E-state index in [4.69, 9.17) is 18.9 Å². The molecule has 6 fully saturated rings. The van der Waals surface area contributed by atoms with Crippen LogP contribution in [0, 0.1) is 28.6 Å². The van der Waals surface area contributed by atoms with Gasteiger partial charge in [0.05, 0.1) is 25.0 Å². The van der Waals surface area contributed by atoms with E-state index < -0.39 is 33.6 Å². The smallest absolute Gasteiger partial charge is 0.316 e. The number of epoxide rings is 1. The van der Waals surface area contributed by atoms with Crippen molar-refractivity contribution in [1.82, 2.24) is 0 Å². The summed E-state index contributed by atoms with van der Waals surface area (Å²) < 4.78 is 23.5. The number of ether oxygens (including phenoxy) is 4. The highest BCUT2D eigenvalue weighted by Gasteiger charge is 2.88. The summed E-state index contributed by atoms with van der Waals surface area (Å²) in [4.78, 5) is 38.6. The molecule has 4 aliphatic carbocycles. The molecular formula is C23H28O7. The third-order valence-corrected chi connectivity index (χ3v) is 9.83. The van der Waals surface area contributed by atoms with Gasteiger partial charge in [0.25, 0.3) is 0 Å². The van der Waals surface area contributed by atoms with E-state index in [0.717, 1.165) is 18.4 Å². The highest BCUT2D eigenvalue weighted by molar-refractivity contribution is 5.88. The Morgan fingerprint density at radius 1 is 1.23 bits per heavy atom. The molecule has 8 atom stereocenters. The van der Waals surface area contributed by atoms with Crippen LogP contribution >= 0.6 is 0 Å². The van der Waals surface area contributed by atoms with E-state index in [1.807, 2.05) is 6.92 Å². The van der Waals surface area contributed by atoms with E-state index in [-0.39, 0.29) is 29.7 Å². The van der Waals surface area contributed by atoms with Crippen molar-refractivity contribution in [3.8, 4) is 0 Å². The lowest BCUT2D eigenvalue weighted by Gasteiger charge is -2.46. The van der Waals surface area contributed by atoms with Crippen molar-refractivity contribution in [2.45, 2.75) is 69.2 Å². The zero-order chi connectivity index (χ0) is 21.3. The predicted octanol–water partition coefficient (Wildman–Crippen LogP) is 2.32. The lowest BCUT2D eigenvalue weighted by Crippen LogP contribution is -2.50. The first-order chi connectivity index (χ1) is 14.1. The molecule has 2 saturated heterocycles. The summed E-state index contributed by atoms with van der Waals surface area (Å²) in [5.41, 5.74) is -2.47. The Bertz CT molecular complexity index is 921. The number of carbonyl (C=O) groups is 3. The molecule has 2 spiro atoms. The molecule has 6 rings (SSSR count). The lowest BCUT2D eigenvalue weighted by atomic mass is 9.58. The molecule has 4 saturated carbocycles. The van der Waals surface area contributed by atoms with Gasteiger partial charge in [-0.2, -0.15) is 0 Å². The highest BCUT2D eigenvalue weighted by atomic mass is 16.6. The summed E-state index contributed by atoms with van der Waals surface area (Å²) in [7, 11) is 1.41. The molecule has 6 aliphatic rings. The standard InChI is InChI=1S/C23H28O7/c1-12-5-8-23-14-6-7-21(29-13(2)24)9-20(14,10-22(21)11-28-22)15(17(25)27-4)16(23)19(12,3)18(26)30-23/h14-16H,1,5-11H2,2-4H3/t14?,15?,16?,19-,20+,21-,22-,23+/m0/s1. The van der Waals surface area contributed by atoms with Crippen LogP contribution in [0.3, 0.4) is 0 Å². The van der Waals surface area contributed by atoms with E-state index in [0.29, 0.717) is 32.3 Å². The Hall–Kier alpha value is -1.89. The topological polar surface area (TPSA) is 91.4 Å². The van der Waals surface area contributed by atoms with Crippen molar-refractivity contribution in [2.75, 3.05) is 13.7 Å². The summed E-state index contributed by atoms with van der Waals surface area (Å²) in [6.45, 7) is 8.07. The Balaban J connectivity index is 1.56. The van der Waals surface area contributed by atoms with Crippen LogP contribution in [0.15, 0.2) is 12.2 Å². The third-order valence-electron chi connectivity index (χ3n) is 9.83. The third kappa shape index (κ3) is 1.71. The van der Waals surface area contributed by atoms with Gasteiger partial charge in [0, 0.05) is 18.8 Å². The van der Waals surface area contributed by atoms with E-state index in [9.17, 15) is 14.4 Å². The number of fused-ring (bicyclic) bond motifs is 2. The minimum absolute atomic E-state index is 0.0187. The first-order valence-corrected chi connectivity index (χ1v) is 10.9. The maximum atomic E-state index is 13.4. The Morgan fingerprint density at radius 3 is 2.60 bits per heavy atom. The molecule has 2 aliphatic heterocycles. The van der Waals surface area contributed by atoms with E-state index >= 15 is 0 Å². The van der Waals surface area contributed by atoms with Crippen LogP contribution in [0.1, 0.15) is 52.4 Å². The molecule has 30 heavy (non-hydrogen) atoms. The first kappa shape index (κ1) is 18.8. The number of esters is 3. The molecule has 0 radical (unpaired) electrons. The van der Waals surface area contributed by atoms with Gasteiger partial charge < -0.3 is 18.9 Å². The zero-order valence-corrected chi connectivity index (χ0v) is 17.7. The summed E-state index contributed by atoms with van der Waals surface area (Å²) in [6, 6.07) is 0. The molecule has 4 bridgehead atoms. The van der Waals surface area contributed by atoms with Crippen molar-refractivity contribution in [3.05, 3.63) is 12.2 Å². The monoisotopic (exact) mass is 416 g/mol. The van der Waals surface area contributed by atoms with Gasteiger partial charge in [0.1, 0.15) is 16.8 Å². The van der Waals surface area contributed by atoms with Crippen LogP contribution < -0.4 is 0 Å². The van der Waals surface area contributed by atoms with Crippen LogP contribution in [0.25, 0.3) is 0 Å². The molecule has 2 heterocycles. The van der Waals surface area contributed by atoms with Crippen molar-refractivity contribution in [3.63, 3.8) is 0 Å². The van der Waals surface area contributed by atoms with Gasteiger partial charge in [-0.05, 0) is 50.9 Å². The molecule has 0 N–H and O–H groups in total. The molecular weight excluding hydrogens is 388 g/mol. The van der Waals surface area contributed by atoms with Gasteiger partial charge >= 0.3 is 17.9 Å². The van der Waals surface area contributed by atoms with Crippen molar-refractivity contribution in [1.29, 1.82) is 0 Å². The van der Waals surface area contributed by atoms with Gasteiger partial charge in [-0.1, -0.05) is 12.2 Å². The highest BCUT2D eigenvalue weighted by Crippen LogP contribution is 2.81. The Morgan fingerprint density at radius 2 is 1.97 bits per heavy atom. The first-order valence-electron chi connectivity index (χ1n) is 10.9. The van der Waals surface area contributed by atoms with Gasteiger partial charge in [-0.15, -0.1) is 0 Å². The van der Waals surface area contributed by atoms with Gasteiger partial charge in [-0.3, -0.25) is 14.4 Å². The van der Waals surface area contributed by atoms with Crippen molar-refractivity contribution < 1.29 is 33.3 Å². The molecule has 0 aromatic heterocycles. The second-order valence-corrected chi connectivity index (χ2v) is 10.7. The van der Waals surface area contributed by atoms with Gasteiger partial charge in [0.2, 0.25) is 0 Å². The van der Waals surface area contributed by atoms with Crippen molar-refractivity contribution >= 4 is 17.9 Å². The normalized spacial score (nSPS) is 54.4. The summed E-state index contributed by atoms with van der Waals surface area (Å²) in [5, 5.41) is 0. The molecule has 0 aromatic rings. The fourth-order valence-corrected chi connectivity index (χ4v) is 8.79. The lowest BCUT2D eigenvalue weighted by molar-refractivity contribution is -0.174. The van der Waals surface area contributed by atoms with E-state index in [1.54, 1.807) is 0 Å². The fourth-order valence-electron chi connectivity index (χ4n) is 8.79. The second-order valence-electron chi connectivity index (χ2n) is 10.7. The minimum atomic E-state index is -0.895. The maximum Gasteiger partial charge on any atom is 0.316 e. The predicted molar refractivity (Wildman–Crippen MR) is 102 cm³/mol. The van der Waals surface area contributed by atoms with E-state index in [1.165, 1.54) is 14.0 Å². The average molecular weight is 416 g/mol. The summed E-state index contributed by atoms with van der Waals surface area (Å²) >= 11 is 0. The largest absolute Gasteiger partial charge is 0.469 e.